The summed E-state index contributed by atoms with van der Waals surface area (Å²) in [6, 6.07) is 4.03. The highest BCUT2D eigenvalue weighted by Crippen LogP contribution is 2.41. The predicted octanol–water partition coefficient (Wildman–Crippen LogP) is 2.78. The van der Waals surface area contributed by atoms with Crippen LogP contribution < -0.4 is 0 Å². The first-order valence-corrected chi connectivity index (χ1v) is 9.07. The van der Waals surface area contributed by atoms with E-state index in [2.05, 4.69) is 15.9 Å². The molecular weight excluding hydrogens is 360 g/mol. The largest absolute Gasteiger partial charge is 0.289 e. The molecule has 21 heavy (non-hydrogen) atoms. The van der Waals surface area contributed by atoms with Crippen LogP contribution in [0, 0.1) is 22.0 Å². The van der Waals surface area contributed by atoms with E-state index in [-0.39, 0.29) is 10.6 Å². The Bertz CT molecular complexity index is 679. The maximum atomic E-state index is 12.7. The Labute approximate surface area is 131 Å². The van der Waals surface area contributed by atoms with Gasteiger partial charge in [-0.25, -0.2) is 8.42 Å². The van der Waals surface area contributed by atoms with Crippen LogP contribution in [0.5, 0.6) is 0 Å². The topological polar surface area (TPSA) is 80.5 Å². The minimum absolute atomic E-state index is 0.221. The molecule has 6 nitrogen and oxygen atoms in total. The lowest BCUT2D eigenvalue weighted by Gasteiger charge is -2.17. The van der Waals surface area contributed by atoms with Gasteiger partial charge in [-0.3, -0.25) is 10.1 Å². The van der Waals surface area contributed by atoms with Crippen molar-refractivity contribution < 1.29 is 13.3 Å². The predicted molar refractivity (Wildman–Crippen MR) is 80.4 cm³/mol. The van der Waals surface area contributed by atoms with Crippen LogP contribution >= 0.6 is 15.9 Å². The lowest BCUT2D eigenvalue weighted by molar-refractivity contribution is -0.387. The van der Waals surface area contributed by atoms with E-state index < -0.39 is 14.9 Å². The van der Waals surface area contributed by atoms with Crippen molar-refractivity contribution in [2.45, 2.75) is 24.2 Å². The van der Waals surface area contributed by atoms with E-state index in [1.807, 2.05) is 0 Å². The molecule has 1 saturated heterocycles. The highest BCUT2D eigenvalue weighted by atomic mass is 79.9. The molecule has 0 aromatic heterocycles. The second-order valence-electron chi connectivity index (χ2n) is 5.64. The molecule has 8 heteroatoms. The van der Waals surface area contributed by atoms with Gasteiger partial charge in [0.2, 0.25) is 10.0 Å². The fraction of sp³-hybridized carbons (Fsp3) is 0.538. The van der Waals surface area contributed by atoms with Crippen LogP contribution in [0.15, 0.2) is 27.6 Å². The van der Waals surface area contributed by atoms with Crippen molar-refractivity contribution in [3.05, 3.63) is 32.8 Å². The number of nitro benzene ring substituents is 1. The van der Waals surface area contributed by atoms with Gasteiger partial charge in [-0.15, -0.1) is 0 Å². The molecule has 0 radical (unpaired) electrons. The quantitative estimate of drug-likeness (QED) is 0.601. The second-order valence-corrected chi connectivity index (χ2v) is 8.46. The minimum Gasteiger partial charge on any atom is -0.258 e. The summed E-state index contributed by atoms with van der Waals surface area (Å²) >= 11 is 3.19. The highest BCUT2D eigenvalue weighted by molar-refractivity contribution is 9.10. The third-order valence-electron chi connectivity index (χ3n) is 4.43. The van der Waals surface area contributed by atoms with Gasteiger partial charge in [-0.2, -0.15) is 4.31 Å². The Balaban J connectivity index is 1.99. The molecule has 2 fully saturated rings. The zero-order valence-electron chi connectivity index (χ0n) is 11.2. The van der Waals surface area contributed by atoms with E-state index in [0.29, 0.717) is 29.4 Å². The van der Waals surface area contributed by atoms with Crippen LogP contribution in [0.25, 0.3) is 0 Å². The number of nitro groups is 1. The molecule has 2 aliphatic rings. The molecule has 1 aromatic carbocycles. The maximum absolute atomic E-state index is 12.7. The van der Waals surface area contributed by atoms with Crippen LogP contribution in [0.4, 0.5) is 5.69 Å². The fourth-order valence-corrected chi connectivity index (χ4v) is 5.62. The zero-order chi connectivity index (χ0) is 15.2. The lowest BCUT2D eigenvalue weighted by Crippen LogP contribution is -2.30. The van der Waals surface area contributed by atoms with Crippen LogP contribution in [0.2, 0.25) is 0 Å². The molecule has 0 bridgehead atoms. The summed E-state index contributed by atoms with van der Waals surface area (Å²) in [7, 11) is -3.82. The van der Waals surface area contributed by atoms with Gasteiger partial charge in [0.25, 0.3) is 5.69 Å². The molecule has 1 aromatic rings. The van der Waals surface area contributed by atoms with Crippen LogP contribution in [-0.4, -0.2) is 30.7 Å². The SMILES string of the molecule is O=[N+]([O-])c1ccc(Br)cc1S(=O)(=O)N1CC2CCCC2C1. The molecule has 0 N–H and O–H groups in total. The molecule has 2 unspecified atom stereocenters. The first kappa shape index (κ1) is 14.9. The minimum atomic E-state index is -3.82. The van der Waals surface area contributed by atoms with Crippen molar-refractivity contribution in [1.29, 1.82) is 0 Å². The smallest absolute Gasteiger partial charge is 0.258 e. The summed E-state index contributed by atoms with van der Waals surface area (Å²) < 4.78 is 27.4. The summed E-state index contributed by atoms with van der Waals surface area (Å²) in [5.74, 6) is 0.817. The third-order valence-corrected chi connectivity index (χ3v) is 6.78. The zero-order valence-corrected chi connectivity index (χ0v) is 13.6. The van der Waals surface area contributed by atoms with Gasteiger partial charge < -0.3 is 0 Å². The van der Waals surface area contributed by atoms with Gasteiger partial charge in [0.1, 0.15) is 0 Å². The van der Waals surface area contributed by atoms with E-state index in [1.165, 1.54) is 22.5 Å². The van der Waals surface area contributed by atoms with Crippen molar-refractivity contribution >= 4 is 31.6 Å². The summed E-state index contributed by atoms with van der Waals surface area (Å²) in [6.45, 7) is 0.966. The number of hydrogen-bond donors (Lipinski definition) is 0. The number of sulfonamides is 1. The van der Waals surface area contributed by atoms with Gasteiger partial charge in [0.15, 0.2) is 4.90 Å². The molecule has 1 saturated carbocycles. The van der Waals surface area contributed by atoms with Crippen molar-refractivity contribution in [1.82, 2.24) is 4.31 Å². The molecule has 114 valence electrons. The van der Waals surface area contributed by atoms with Gasteiger partial charge in [0, 0.05) is 23.6 Å². The van der Waals surface area contributed by atoms with Crippen molar-refractivity contribution in [2.24, 2.45) is 11.8 Å². The monoisotopic (exact) mass is 374 g/mol. The first-order chi connectivity index (χ1) is 9.89. The molecule has 1 heterocycles. The van der Waals surface area contributed by atoms with Crippen molar-refractivity contribution in [3.8, 4) is 0 Å². The highest BCUT2D eigenvalue weighted by Gasteiger charge is 2.43. The average molecular weight is 375 g/mol. The molecule has 0 amide bonds. The third kappa shape index (κ3) is 2.60. The lowest BCUT2D eigenvalue weighted by atomic mass is 10.0. The Morgan fingerprint density at radius 1 is 1.24 bits per heavy atom. The van der Waals surface area contributed by atoms with E-state index in [1.54, 1.807) is 0 Å². The normalized spacial score (nSPS) is 26.0. The van der Waals surface area contributed by atoms with E-state index in [4.69, 9.17) is 0 Å². The molecule has 2 atom stereocenters. The summed E-state index contributed by atoms with van der Waals surface area (Å²) in [5.41, 5.74) is -0.366. The fourth-order valence-electron chi connectivity index (χ4n) is 3.37. The van der Waals surface area contributed by atoms with Gasteiger partial charge >= 0.3 is 0 Å². The van der Waals surface area contributed by atoms with Crippen LogP contribution in [0.3, 0.4) is 0 Å². The molecule has 0 spiro atoms. The van der Waals surface area contributed by atoms with Gasteiger partial charge in [-0.1, -0.05) is 22.4 Å². The van der Waals surface area contributed by atoms with Crippen LogP contribution in [0.1, 0.15) is 19.3 Å². The number of fused-ring (bicyclic) bond motifs is 1. The van der Waals surface area contributed by atoms with E-state index >= 15 is 0 Å². The van der Waals surface area contributed by atoms with E-state index in [0.717, 1.165) is 19.3 Å². The van der Waals surface area contributed by atoms with Gasteiger partial charge in [-0.05, 0) is 36.8 Å². The summed E-state index contributed by atoms with van der Waals surface area (Å²) in [4.78, 5) is 10.2. The average Bonchev–Trinajstić information content (AvgIpc) is 2.98. The summed E-state index contributed by atoms with van der Waals surface area (Å²) in [6.07, 6.45) is 3.26. The Morgan fingerprint density at radius 3 is 2.43 bits per heavy atom. The van der Waals surface area contributed by atoms with E-state index in [9.17, 15) is 18.5 Å². The number of rotatable bonds is 3. The Morgan fingerprint density at radius 2 is 1.86 bits per heavy atom. The number of nitrogens with zero attached hydrogens (tertiary/aromatic N) is 2. The molecule has 3 rings (SSSR count). The Hall–Kier alpha value is -0.990. The second kappa shape index (κ2) is 5.33. The van der Waals surface area contributed by atoms with Crippen molar-refractivity contribution in [3.63, 3.8) is 0 Å². The summed E-state index contributed by atoms with van der Waals surface area (Å²) in [5, 5.41) is 11.1. The first-order valence-electron chi connectivity index (χ1n) is 6.83. The van der Waals surface area contributed by atoms with Crippen molar-refractivity contribution in [2.75, 3.05) is 13.1 Å². The number of benzene rings is 1. The molecule has 1 aliphatic carbocycles. The molecular formula is C13H15BrN2O4S. The Kier molecular flexibility index (Phi) is 3.79. The standard InChI is InChI=1S/C13H15BrN2O4S/c14-11-4-5-12(16(17)18)13(6-11)21(19,20)15-7-9-2-1-3-10(9)8-15/h4-6,9-10H,1-3,7-8H2. The van der Waals surface area contributed by atoms with Crippen LogP contribution in [-0.2, 0) is 10.0 Å². The maximum Gasteiger partial charge on any atom is 0.289 e. The number of halogens is 1. The molecule has 1 aliphatic heterocycles. The number of hydrogen-bond acceptors (Lipinski definition) is 4. The van der Waals surface area contributed by atoms with Gasteiger partial charge in [0.05, 0.1) is 4.92 Å².